The van der Waals surface area contributed by atoms with E-state index in [2.05, 4.69) is 11.9 Å². The summed E-state index contributed by atoms with van der Waals surface area (Å²) in [4.78, 5) is 2.21. The number of nitrogens with zero attached hydrogens (tertiary/aromatic N) is 1. The van der Waals surface area contributed by atoms with Crippen LogP contribution in [-0.4, -0.2) is 44.6 Å². The molecule has 2 unspecified atom stereocenters. The average molecular weight is 355 g/mol. The molecule has 3 aliphatic rings. The maximum atomic E-state index is 10.7. The Labute approximate surface area is 151 Å². The maximum absolute atomic E-state index is 10.7. The standard InChI is InChI=1S/C20H21NO5/c1-21-8-14(22)12-7-17-20(26-9-25-17)19-11-6-16(24-3)15(23-2)5-10(11)4-13(21)18(12)19/h5-7,13-14,22H,4,8-9H2,1-3H3. The fraction of sp³-hybridized carbons (Fsp3) is 0.400. The van der Waals surface area contributed by atoms with E-state index < -0.39 is 6.10 Å². The van der Waals surface area contributed by atoms with Crippen molar-refractivity contribution in [3.63, 3.8) is 0 Å². The van der Waals surface area contributed by atoms with Crippen LogP contribution in [-0.2, 0) is 6.42 Å². The lowest BCUT2D eigenvalue weighted by Gasteiger charge is -2.42. The first-order valence-electron chi connectivity index (χ1n) is 8.72. The van der Waals surface area contributed by atoms with Crippen molar-refractivity contribution in [1.82, 2.24) is 4.90 Å². The molecule has 26 heavy (non-hydrogen) atoms. The van der Waals surface area contributed by atoms with E-state index >= 15 is 0 Å². The minimum Gasteiger partial charge on any atom is -0.493 e. The summed E-state index contributed by atoms with van der Waals surface area (Å²) >= 11 is 0. The number of aliphatic hydroxyl groups excluding tert-OH is 1. The molecule has 0 fully saturated rings. The zero-order valence-electron chi connectivity index (χ0n) is 15.0. The van der Waals surface area contributed by atoms with E-state index in [1.165, 1.54) is 5.56 Å². The molecule has 2 aromatic carbocycles. The van der Waals surface area contributed by atoms with Gasteiger partial charge in [0.15, 0.2) is 23.0 Å². The molecule has 2 aliphatic heterocycles. The predicted octanol–water partition coefficient (Wildman–Crippen LogP) is 2.68. The molecule has 6 heteroatoms. The molecule has 0 amide bonds. The van der Waals surface area contributed by atoms with Gasteiger partial charge in [-0.15, -0.1) is 0 Å². The van der Waals surface area contributed by atoms with Gasteiger partial charge < -0.3 is 24.1 Å². The van der Waals surface area contributed by atoms with Crippen molar-refractivity contribution < 1.29 is 24.1 Å². The number of hydrogen-bond donors (Lipinski definition) is 1. The molecule has 5 rings (SSSR count). The first kappa shape index (κ1) is 15.8. The first-order valence-corrected chi connectivity index (χ1v) is 8.72. The van der Waals surface area contributed by atoms with Gasteiger partial charge in [0.05, 0.1) is 20.3 Å². The molecule has 1 N–H and O–H groups in total. The van der Waals surface area contributed by atoms with Crippen LogP contribution in [0.5, 0.6) is 23.0 Å². The third-order valence-corrected chi connectivity index (χ3v) is 5.71. The zero-order chi connectivity index (χ0) is 18.0. The third kappa shape index (κ3) is 2.00. The lowest BCUT2D eigenvalue weighted by atomic mass is 9.76. The molecule has 1 aliphatic carbocycles. The van der Waals surface area contributed by atoms with Crippen LogP contribution in [0.2, 0.25) is 0 Å². The van der Waals surface area contributed by atoms with Gasteiger partial charge in [-0.25, -0.2) is 0 Å². The van der Waals surface area contributed by atoms with Gasteiger partial charge >= 0.3 is 0 Å². The Balaban J connectivity index is 1.85. The molecule has 0 radical (unpaired) electrons. The monoisotopic (exact) mass is 355 g/mol. The molecule has 2 aromatic rings. The van der Waals surface area contributed by atoms with Crippen LogP contribution in [0.15, 0.2) is 18.2 Å². The molecule has 6 nitrogen and oxygen atoms in total. The molecular weight excluding hydrogens is 334 g/mol. The highest BCUT2D eigenvalue weighted by atomic mass is 16.7. The quantitative estimate of drug-likeness (QED) is 0.894. The number of methoxy groups -OCH3 is 2. The summed E-state index contributed by atoms with van der Waals surface area (Å²) in [6.45, 7) is 0.795. The predicted molar refractivity (Wildman–Crippen MR) is 95.1 cm³/mol. The summed E-state index contributed by atoms with van der Waals surface area (Å²) in [7, 11) is 5.34. The van der Waals surface area contributed by atoms with Crippen molar-refractivity contribution in [1.29, 1.82) is 0 Å². The van der Waals surface area contributed by atoms with Crippen LogP contribution in [0.25, 0.3) is 11.1 Å². The highest BCUT2D eigenvalue weighted by Crippen LogP contribution is 2.56. The average Bonchev–Trinajstić information content (AvgIpc) is 3.12. The summed E-state index contributed by atoms with van der Waals surface area (Å²) in [6, 6.07) is 6.18. The fourth-order valence-corrected chi connectivity index (χ4v) is 4.49. The van der Waals surface area contributed by atoms with E-state index in [1.807, 2.05) is 18.2 Å². The van der Waals surface area contributed by atoms with Gasteiger partial charge in [-0.3, -0.25) is 4.90 Å². The van der Waals surface area contributed by atoms with Crippen LogP contribution in [0.1, 0.15) is 28.8 Å². The molecule has 0 spiro atoms. The first-order chi connectivity index (χ1) is 12.6. The van der Waals surface area contributed by atoms with Crippen molar-refractivity contribution in [3.05, 3.63) is 34.9 Å². The molecule has 2 heterocycles. The Morgan fingerprint density at radius 2 is 1.88 bits per heavy atom. The molecular formula is C20H21NO5. The normalized spacial score (nSPS) is 22.6. The van der Waals surface area contributed by atoms with E-state index in [9.17, 15) is 5.11 Å². The molecule has 2 atom stereocenters. The second kappa shape index (κ2) is 5.53. The minimum absolute atomic E-state index is 0.184. The Morgan fingerprint density at radius 3 is 2.65 bits per heavy atom. The highest BCUT2D eigenvalue weighted by molar-refractivity contribution is 5.85. The minimum atomic E-state index is -0.541. The summed E-state index contributed by atoms with van der Waals surface area (Å²) in [5, 5.41) is 10.7. The Hall–Kier alpha value is -2.44. The van der Waals surface area contributed by atoms with E-state index in [-0.39, 0.29) is 12.8 Å². The van der Waals surface area contributed by atoms with E-state index in [1.54, 1.807) is 14.2 Å². The van der Waals surface area contributed by atoms with Crippen molar-refractivity contribution in [3.8, 4) is 34.1 Å². The van der Waals surface area contributed by atoms with Gasteiger partial charge in [0.1, 0.15) is 0 Å². The Bertz CT molecular complexity index is 910. The molecule has 136 valence electrons. The Kier molecular flexibility index (Phi) is 3.36. The van der Waals surface area contributed by atoms with Gasteiger partial charge in [-0.05, 0) is 53.9 Å². The summed E-state index contributed by atoms with van der Waals surface area (Å²) in [6.07, 6.45) is 0.305. The van der Waals surface area contributed by atoms with Crippen molar-refractivity contribution in [2.75, 3.05) is 34.6 Å². The largest absolute Gasteiger partial charge is 0.493 e. The number of benzene rings is 2. The van der Waals surface area contributed by atoms with Gasteiger partial charge in [-0.1, -0.05) is 0 Å². The number of hydrogen-bond acceptors (Lipinski definition) is 6. The number of ether oxygens (including phenoxy) is 4. The molecule has 0 bridgehead atoms. The van der Waals surface area contributed by atoms with E-state index in [0.29, 0.717) is 18.0 Å². The third-order valence-electron chi connectivity index (χ3n) is 5.71. The van der Waals surface area contributed by atoms with Gasteiger partial charge in [-0.2, -0.15) is 0 Å². The number of aliphatic hydroxyl groups is 1. The van der Waals surface area contributed by atoms with Crippen LogP contribution >= 0.6 is 0 Å². The summed E-state index contributed by atoms with van der Waals surface area (Å²) in [5.41, 5.74) is 5.31. The summed E-state index contributed by atoms with van der Waals surface area (Å²) < 4.78 is 22.5. The van der Waals surface area contributed by atoms with Crippen LogP contribution in [0, 0.1) is 0 Å². The summed E-state index contributed by atoms with van der Waals surface area (Å²) in [5.74, 6) is 2.85. The van der Waals surface area contributed by atoms with E-state index in [0.717, 1.165) is 40.2 Å². The van der Waals surface area contributed by atoms with Crippen LogP contribution in [0.3, 0.4) is 0 Å². The van der Waals surface area contributed by atoms with Crippen molar-refractivity contribution >= 4 is 0 Å². The van der Waals surface area contributed by atoms with Crippen LogP contribution in [0.4, 0.5) is 0 Å². The van der Waals surface area contributed by atoms with Crippen LogP contribution < -0.4 is 18.9 Å². The highest BCUT2D eigenvalue weighted by Gasteiger charge is 2.40. The Morgan fingerprint density at radius 1 is 1.12 bits per heavy atom. The molecule has 0 saturated carbocycles. The van der Waals surface area contributed by atoms with Crippen molar-refractivity contribution in [2.24, 2.45) is 0 Å². The van der Waals surface area contributed by atoms with Gasteiger partial charge in [0.2, 0.25) is 6.79 Å². The zero-order valence-corrected chi connectivity index (χ0v) is 15.0. The number of likely N-dealkylation sites (N-methyl/N-ethyl adjacent to an activating group) is 1. The lowest BCUT2D eigenvalue weighted by molar-refractivity contribution is 0.0831. The van der Waals surface area contributed by atoms with Gasteiger partial charge in [0.25, 0.3) is 0 Å². The lowest BCUT2D eigenvalue weighted by Crippen LogP contribution is -2.38. The molecule has 0 saturated heterocycles. The SMILES string of the molecule is COc1cc2c(cc1OC)-c1c3c(cc4c1C(C2)N(C)CC4O)OCO3. The second-order valence-corrected chi connectivity index (χ2v) is 7.03. The smallest absolute Gasteiger partial charge is 0.231 e. The van der Waals surface area contributed by atoms with Crippen molar-refractivity contribution in [2.45, 2.75) is 18.6 Å². The maximum Gasteiger partial charge on any atom is 0.231 e. The second-order valence-electron chi connectivity index (χ2n) is 7.03. The topological polar surface area (TPSA) is 60.4 Å². The number of fused-ring (bicyclic) bond motifs is 4. The molecule has 0 aromatic heterocycles. The number of β-amino-alcohol motifs (C(OH)–C–C–N with tert-alkyl or cyclic N) is 1. The van der Waals surface area contributed by atoms with Gasteiger partial charge in [0, 0.05) is 18.2 Å². The number of rotatable bonds is 2. The fourth-order valence-electron chi connectivity index (χ4n) is 4.49. The van der Waals surface area contributed by atoms with E-state index in [4.69, 9.17) is 18.9 Å².